The Morgan fingerprint density at radius 3 is 3.05 bits per heavy atom. The van der Waals surface area contributed by atoms with Gasteiger partial charge in [0.2, 0.25) is 0 Å². The molecule has 1 atom stereocenters. The number of anilines is 1. The molecule has 2 fully saturated rings. The van der Waals surface area contributed by atoms with Gasteiger partial charge < -0.3 is 15.8 Å². The summed E-state index contributed by atoms with van der Waals surface area (Å²) in [6.07, 6.45) is 2.57. The van der Waals surface area contributed by atoms with Crippen LogP contribution in [-0.2, 0) is 0 Å². The normalized spacial score (nSPS) is 23.9. The SMILES string of the molecule is Cc1cc(/C(N)=N/O)cc(N2CCN3CCCC3C2)n1. The highest BCUT2D eigenvalue weighted by Crippen LogP contribution is 2.25. The van der Waals surface area contributed by atoms with Gasteiger partial charge in [-0.1, -0.05) is 5.16 Å². The molecule has 0 aliphatic carbocycles. The van der Waals surface area contributed by atoms with Gasteiger partial charge in [0, 0.05) is 36.9 Å². The summed E-state index contributed by atoms with van der Waals surface area (Å²) in [6.45, 7) is 6.27. The Morgan fingerprint density at radius 1 is 1.40 bits per heavy atom. The minimum atomic E-state index is 0.135. The third-order valence-electron chi connectivity index (χ3n) is 4.25. The van der Waals surface area contributed by atoms with Crippen LogP contribution < -0.4 is 10.6 Å². The summed E-state index contributed by atoms with van der Waals surface area (Å²) >= 11 is 0. The van der Waals surface area contributed by atoms with Crippen LogP contribution in [0.4, 0.5) is 5.82 Å². The second-order valence-electron chi connectivity index (χ2n) is 5.62. The molecule has 2 aliphatic rings. The van der Waals surface area contributed by atoms with Gasteiger partial charge in [-0.25, -0.2) is 4.98 Å². The zero-order valence-electron chi connectivity index (χ0n) is 11.8. The Hall–Kier alpha value is -1.82. The molecule has 1 aromatic heterocycles. The van der Waals surface area contributed by atoms with Crippen LogP contribution in [0.3, 0.4) is 0 Å². The summed E-state index contributed by atoms with van der Waals surface area (Å²) in [4.78, 5) is 9.48. The summed E-state index contributed by atoms with van der Waals surface area (Å²) < 4.78 is 0. The summed E-state index contributed by atoms with van der Waals surface area (Å²) in [6, 6.07) is 4.40. The first kappa shape index (κ1) is 13.2. The zero-order chi connectivity index (χ0) is 14.1. The molecule has 0 amide bonds. The van der Waals surface area contributed by atoms with E-state index in [1.165, 1.54) is 19.4 Å². The number of hydrogen-bond acceptors (Lipinski definition) is 5. The highest BCUT2D eigenvalue weighted by atomic mass is 16.4. The van der Waals surface area contributed by atoms with Crippen molar-refractivity contribution < 1.29 is 5.21 Å². The first-order chi connectivity index (χ1) is 9.67. The standard InChI is InChI=1S/C14H21N5O/c1-10-7-11(14(15)17-20)8-13(16-10)19-6-5-18-4-2-3-12(18)9-19/h7-8,12,20H,2-6,9H2,1H3,(H2,15,17). The predicted octanol–water partition coefficient (Wildman–Crippen LogP) is 0.769. The average molecular weight is 275 g/mol. The third-order valence-corrected chi connectivity index (χ3v) is 4.25. The molecule has 6 nitrogen and oxygen atoms in total. The Kier molecular flexibility index (Phi) is 3.48. The number of piperazine rings is 1. The van der Waals surface area contributed by atoms with Crippen molar-refractivity contribution in [1.29, 1.82) is 0 Å². The molecule has 0 saturated carbocycles. The molecule has 0 aromatic carbocycles. The van der Waals surface area contributed by atoms with Gasteiger partial charge in [-0.05, 0) is 38.4 Å². The van der Waals surface area contributed by atoms with E-state index in [0.717, 1.165) is 36.7 Å². The molecule has 3 heterocycles. The van der Waals surface area contributed by atoms with E-state index in [1.54, 1.807) is 0 Å². The van der Waals surface area contributed by atoms with Gasteiger partial charge in [-0.2, -0.15) is 0 Å². The van der Waals surface area contributed by atoms with E-state index in [1.807, 2.05) is 19.1 Å². The highest BCUT2D eigenvalue weighted by Gasteiger charge is 2.31. The first-order valence-corrected chi connectivity index (χ1v) is 7.13. The molecule has 2 aliphatic heterocycles. The second-order valence-corrected chi connectivity index (χ2v) is 5.62. The molecule has 3 rings (SSSR count). The Morgan fingerprint density at radius 2 is 2.25 bits per heavy atom. The van der Waals surface area contributed by atoms with E-state index in [2.05, 4.69) is 19.9 Å². The molecule has 2 saturated heterocycles. The maximum atomic E-state index is 8.83. The second kappa shape index (κ2) is 5.28. The smallest absolute Gasteiger partial charge is 0.170 e. The van der Waals surface area contributed by atoms with E-state index in [4.69, 9.17) is 10.9 Å². The summed E-state index contributed by atoms with van der Waals surface area (Å²) in [7, 11) is 0. The number of nitrogens with zero attached hydrogens (tertiary/aromatic N) is 4. The number of aryl methyl sites for hydroxylation is 1. The first-order valence-electron chi connectivity index (χ1n) is 7.13. The van der Waals surface area contributed by atoms with Gasteiger partial charge in [0.1, 0.15) is 5.82 Å². The van der Waals surface area contributed by atoms with Gasteiger partial charge >= 0.3 is 0 Å². The minimum absolute atomic E-state index is 0.135. The number of aromatic nitrogens is 1. The van der Waals surface area contributed by atoms with E-state index >= 15 is 0 Å². The maximum Gasteiger partial charge on any atom is 0.170 e. The fourth-order valence-electron chi connectivity index (χ4n) is 3.22. The summed E-state index contributed by atoms with van der Waals surface area (Å²) in [5.41, 5.74) is 7.31. The van der Waals surface area contributed by atoms with Crippen molar-refractivity contribution in [2.24, 2.45) is 10.9 Å². The zero-order valence-corrected chi connectivity index (χ0v) is 11.8. The third kappa shape index (κ3) is 2.43. The van der Waals surface area contributed by atoms with E-state index in [0.29, 0.717) is 6.04 Å². The Balaban J connectivity index is 1.84. The van der Waals surface area contributed by atoms with Crippen LogP contribution in [0.2, 0.25) is 0 Å². The fraction of sp³-hybridized carbons (Fsp3) is 0.571. The highest BCUT2D eigenvalue weighted by molar-refractivity contribution is 5.97. The molecule has 108 valence electrons. The van der Waals surface area contributed by atoms with Gasteiger partial charge in [0.25, 0.3) is 0 Å². The molecule has 20 heavy (non-hydrogen) atoms. The topological polar surface area (TPSA) is 78.0 Å². The van der Waals surface area contributed by atoms with Crippen LogP contribution >= 0.6 is 0 Å². The maximum absolute atomic E-state index is 8.83. The van der Waals surface area contributed by atoms with Crippen LogP contribution in [0.1, 0.15) is 24.1 Å². The largest absolute Gasteiger partial charge is 0.409 e. The minimum Gasteiger partial charge on any atom is -0.409 e. The Labute approximate surface area is 118 Å². The number of nitrogens with two attached hydrogens (primary N) is 1. The van der Waals surface area contributed by atoms with Crippen LogP contribution in [0.25, 0.3) is 0 Å². The van der Waals surface area contributed by atoms with Gasteiger partial charge in [0.15, 0.2) is 5.84 Å². The quantitative estimate of drug-likeness (QED) is 0.361. The fourth-order valence-corrected chi connectivity index (χ4v) is 3.22. The number of amidine groups is 1. The predicted molar refractivity (Wildman–Crippen MR) is 78.3 cm³/mol. The van der Waals surface area contributed by atoms with E-state index < -0.39 is 0 Å². The van der Waals surface area contributed by atoms with Crippen LogP contribution in [0, 0.1) is 6.92 Å². The van der Waals surface area contributed by atoms with Crippen molar-refractivity contribution in [2.75, 3.05) is 31.1 Å². The molecular weight excluding hydrogens is 254 g/mol. The molecule has 3 N–H and O–H groups in total. The summed E-state index contributed by atoms with van der Waals surface area (Å²) in [5.74, 6) is 1.06. The Bertz CT molecular complexity index is 530. The van der Waals surface area contributed by atoms with Crippen molar-refractivity contribution >= 4 is 11.7 Å². The van der Waals surface area contributed by atoms with Gasteiger partial charge in [0.05, 0.1) is 0 Å². The lowest BCUT2D eigenvalue weighted by molar-refractivity contribution is 0.230. The number of rotatable bonds is 2. The van der Waals surface area contributed by atoms with Crippen molar-refractivity contribution in [2.45, 2.75) is 25.8 Å². The van der Waals surface area contributed by atoms with Gasteiger partial charge in [-0.3, -0.25) is 4.90 Å². The van der Waals surface area contributed by atoms with Crippen molar-refractivity contribution in [3.8, 4) is 0 Å². The molecular formula is C14H21N5O. The number of oxime groups is 1. The lowest BCUT2D eigenvalue weighted by Crippen LogP contribution is -2.50. The molecule has 6 heteroatoms. The van der Waals surface area contributed by atoms with Gasteiger partial charge in [-0.15, -0.1) is 0 Å². The molecule has 1 aromatic rings. The van der Waals surface area contributed by atoms with E-state index in [-0.39, 0.29) is 5.84 Å². The lowest BCUT2D eigenvalue weighted by atomic mass is 10.1. The average Bonchev–Trinajstić information content (AvgIpc) is 2.93. The monoisotopic (exact) mass is 275 g/mol. The van der Waals surface area contributed by atoms with Crippen LogP contribution in [0.15, 0.2) is 17.3 Å². The molecule has 1 unspecified atom stereocenters. The molecule has 0 bridgehead atoms. The number of fused-ring (bicyclic) bond motifs is 1. The van der Waals surface area contributed by atoms with Crippen molar-refractivity contribution in [3.05, 3.63) is 23.4 Å². The number of hydrogen-bond donors (Lipinski definition) is 2. The van der Waals surface area contributed by atoms with Crippen LogP contribution in [0.5, 0.6) is 0 Å². The molecule has 0 radical (unpaired) electrons. The van der Waals surface area contributed by atoms with E-state index in [9.17, 15) is 0 Å². The number of pyridine rings is 1. The summed E-state index contributed by atoms with van der Waals surface area (Å²) in [5, 5.41) is 11.9. The van der Waals surface area contributed by atoms with Crippen molar-refractivity contribution in [3.63, 3.8) is 0 Å². The van der Waals surface area contributed by atoms with Crippen LogP contribution in [-0.4, -0.2) is 53.1 Å². The van der Waals surface area contributed by atoms with Crippen molar-refractivity contribution in [1.82, 2.24) is 9.88 Å². The molecule has 0 spiro atoms. The lowest BCUT2D eigenvalue weighted by Gasteiger charge is -2.38.